The first-order valence-corrected chi connectivity index (χ1v) is 6.73. The number of carboxylic acids is 1. The van der Waals surface area contributed by atoms with Crippen LogP contribution in [0.3, 0.4) is 0 Å². The summed E-state index contributed by atoms with van der Waals surface area (Å²) in [7, 11) is 0. The third-order valence-corrected chi connectivity index (χ3v) is 4.12. The van der Waals surface area contributed by atoms with Gasteiger partial charge in [-0.05, 0) is 37.5 Å². The van der Waals surface area contributed by atoms with Crippen molar-refractivity contribution in [1.29, 1.82) is 0 Å². The van der Waals surface area contributed by atoms with Crippen LogP contribution in [0.1, 0.15) is 44.9 Å². The van der Waals surface area contributed by atoms with E-state index in [1.807, 2.05) is 0 Å². The molecule has 0 bridgehead atoms. The summed E-state index contributed by atoms with van der Waals surface area (Å²) in [5.41, 5.74) is 4.79. The molecule has 4 heteroatoms. The minimum absolute atomic E-state index is 0.117. The Bertz CT molecular complexity index is 272. The van der Waals surface area contributed by atoms with Gasteiger partial charge in [0.25, 0.3) is 0 Å². The van der Waals surface area contributed by atoms with Crippen LogP contribution in [0.5, 0.6) is 0 Å². The number of hydrogen-bond donors (Lipinski definition) is 2. The summed E-state index contributed by atoms with van der Waals surface area (Å²) in [5.74, 6) is -0.184. The average Bonchev–Trinajstić information content (AvgIpc) is 3.14. The zero-order valence-electron chi connectivity index (χ0n) is 10.4. The Balaban J connectivity index is 1.73. The van der Waals surface area contributed by atoms with Crippen molar-refractivity contribution in [2.24, 2.45) is 17.6 Å². The van der Waals surface area contributed by atoms with E-state index in [9.17, 15) is 9.90 Å². The largest absolute Gasteiger partial charge is 0.480 e. The van der Waals surface area contributed by atoms with Gasteiger partial charge in [0.05, 0.1) is 6.61 Å². The Hall–Kier alpha value is -0.610. The first-order valence-electron chi connectivity index (χ1n) is 6.73. The highest BCUT2D eigenvalue weighted by Crippen LogP contribution is 2.38. The second-order valence-electron chi connectivity index (χ2n) is 5.64. The Morgan fingerprint density at radius 1 is 1.24 bits per heavy atom. The predicted octanol–water partition coefficient (Wildman–Crippen LogP) is 1.78. The number of rotatable bonds is 6. The molecule has 0 heterocycles. The van der Waals surface area contributed by atoms with E-state index in [4.69, 9.17) is 10.5 Å². The van der Waals surface area contributed by atoms with E-state index >= 15 is 0 Å². The number of hydrogen-bond acceptors (Lipinski definition) is 3. The molecule has 0 saturated heterocycles. The zero-order chi connectivity index (χ0) is 12.3. The van der Waals surface area contributed by atoms with Gasteiger partial charge >= 0.3 is 5.97 Å². The lowest BCUT2D eigenvalue weighted by atomic mass is 9.90. The SMILES string of the molecule is NC(COCC1CCCCC1)(C(=O)O)C1CC1. The molecule has 0 aromatic carbocycles. The van der Waals surface area contributed by atoms with Gasteiger partial charge in [-0.1, -0.05) is 19.3 Å². The minimum Gasteiger partial charge on any atom is -0.480 e. The molecule has 0 aromatic rings. The van der Waals surface area contributed by atoms with Gasteiger partial charge in [-0.2, -0.15) is 0 Å². The molecule has 4 nitrogen and oxygen atoms in total. The smallest absolute Gasteiger partial charge is 0.326 e. The highest BCUT2D eigenvalue weighted by molar-refractivity contribution is 5.79. The lowest BCUT2D eigenvalue weighted by Crippen LogP contribution is -2.54. The molecular weight excluding hydrogens is 218 g/mol. The van der Waals surface area contributed by atoms with Gasteiger partial charge in [0.2, 0.25) is 0 Å². The molecule has 1 unspecified atom stereocenters. The fraction of sp³-hybridized carbons (Fsp3) is 0.923. The van der Waals surface area contributed by atoms with Gasteiger partial charge in [-0.3, -0.25) is 4.79 Å². The summed E-state index contributed by atoms with van der Waals surface area (Å²) < 4.78 is 5.60. The van der Waals surface area contributed by atoms with E-state index < -0.39 is 11.5 Å². The lowest BCUT2D eigenvalue weighted by Gasteiger charge is -2.27. The van der Waals surface area contributed by atoms with Crippen LogP contribution in [0.25, 0.3) is 0 Å². The van der Waals surface area contributed by atoms with E-state index in [2.05, 4.69) is 0 Å². The highest BCUT2D eigenvalue weighted by atomic mass is 16.5. The normalized spacial score (nSPS) is 25.5. The maximum atomic E-state index is 11.2. The van der Waals surface area contributed by atoms with E-state index in [0.29, 0.717) is 12.5 Å². The molecule has 2 fully saturated rings. The van der Waals surface area contributed by atoms with Gasteiger partial charge in [0.1, 0.15) is 5.54 Å². The Morgan fingerprint density at radius 3 is 2.41 bits per heavy atom. The van der Waals surface area contributed by atoms with Gasteiger partial charge < -0.3 is 15.6 Å². The summed E-state index contributed by atoms with van der Waals surface area (Å²) >= 11 is 0. The predicted molar refractivity (Wildman–Crippen MR) is 64.7 cm³/mol. The van der Waals surface area contributed by atoms with Gasteiger partial charge in [-0.25, -0.2) is 0 Å². The number of aliphatic carboxylic acids is 1. The average molecular weight is 241 g/mol. The highest BCUT2D eigenvalue weighted by Gasteiger charge is 2.48. The van der Waals surface area contributed by atoms with Crippen LogP contribution in [0.4, 0.5) is 0 Å². The molecule has 2 rings (SSSR count). The number of carbonyl (C=O) groups is 1. The van der Waals surface area contributed by atoms with Gasteiger partial charge in [0.15, 0.2) is 0 Å². The van der Waals surface area contributed by atoms with Crippen LogP contribution in [0.15, 0.2) is 0 Å². The van der Waals surface area contributed by atoms with E-state index in [-0.39, 0.29) is 12.5 Å². The number of ether oxygens (including phenoxy) is 1. The fourth-order valence-corrected chi connectivity index (χ4v) is 2.70. The van der Waals surface area contributed by atoms with E-state index in [0.717, 1.165) is 12.8 Å². The molecule has 0 aromatic heterocycles. The van der Waals surface area contributed by atoms with Crippen LogP contribution in [-0.4, -0.2) is 29.8 Å². The van der Waals surface area contributed by atoms with Crippen molar-refractivity contribution in [3.05, 3.63) is 0 Å². The van der Waals surface area contributed by atoms with Crippen molar-refractivity contribution in [3.63, 3.8) is 0 Å². The fourth-order valence-electron chi connectivity index (χ4n) is 2.70. The van der Waals surface area contributed by atoms with E-state index in [1.54, 1.807) is 0 Å². The molecule has 2 aliphatic carbocycles. The first kappa shape index (κ1) is 12.8. The van der Waals surface area contributed by atoms with Crippen molar-refractivity contribution in [2.75, 3.05) is 13.2 Å². The van der Waals surface area contributed by atoms with E-state index in [1.165, 1.54) is 32.1 Å². The van der Waals surface area contributed by atoms with Crippen molar-refractivity contribution in [3.8, 4) is 0 Å². The van der Waals surface area contributed by atoms with Crippen molar-refractivity contribution in [1.82, 2.24) is 0 Å². The Kier molecular flexibility index (Phi) is 4.05. The molecule has 0 spiro atoms. The molecule has 0 amide bonds. The van der Waals surface area contributed by atoms with Crippen LogP contribution in [0, 0.1) is 11.8 Å². The minimum atomic E-state index is -1.14. The summed E-state index contributed by atoms with van der Waals surface area (Å²) in [5, 5.41) is 9.17. The first-order chi connectivity index (χ1) is 8.13. The number of carboxylic acid groups (broad SMARTS) is 1. The van der Waals surface area contributed by atoms with Crippen molar-refractivity contribution < 1.29 is 14.6 Å². The Labute approximate surface area is 103 Å². The second kappa shape index (κ2) is 5.36. The second-order valence-corrected chi connectivity index (χ2v) is 5.64. The topological polar surface area (TPSA) is 72.5 Å². The standard InChI is InChI=1S/C13H23NO3/c14-13(12(15)16,11-6-7-11)9-17-8-10-4-2-1-3-5-10/h10-11H,1-9,14H2,(H,15,16). The molecule has 2 saturated carbocycles. The molecule has 17 heavy (non-hydrogen) atoms. The third-order valence-electron chi connectivity index (χ3n) is 4.12. The van der Waals surface area contributed by atoms with Crippen molar-refractivity contribution >= 4 is 5.97 Å². The van der Waals surface area contributed by atoms with Crippen molar-refractivity contribution in [2.45, 2.75) is 50.5 Å². The van der Waals surface area contributed by atoms with Crippen LogP contribution in [-0.2, 0) is 9.53 Å². The molecule has 3 N–H and O–H groups in total. The van der Waals surface area contributed by atoms with Gasteiger partial charge in [-0.15, -0.1) is 0 Å². The molecule has 0 radical (unpaired) electrons. The summed E-state index contributed by atoms with van der Waals surface area (Å²) in [4.78, 5) is 11.2. The Morgan fingerprint density at radius 2 is 1.88 bits per heavy atom. The van der Waals surface area contributed by atoms with Crippen LogP contribution >= 0.6 is 0 Å². The lowest BCUT2D eigenvalue weighted by molar-refractivity contribution is -0.147. The summed E-state index contributed by atoms with van der Waals surface area (Å²) in [6, 6.07) is 0. The molecule has 1 atom stereocenters. The summed E-state index contributed by atoms with van der Waals surface area (Å²) in [6.45, 7) is 0.850. The van der Waals surface area contributed by atoms with Gasteiger partial charge in [0, 0.05) is 6.61 Å². The number of nitrogens with two attached hydrogens (primary N) is 1. The molecular formula is C13H23NO3. The maximum absolute atomic E-state index is 11.2. The quantitative estimate of drug-likeness (QED) is 0.743. The molecule has 0 aliphatic heterocycles. The maximum Gasteiger partial charge on any atom is 0.326 e. The molecule has 98 valence electrons. The zero-order valence-corrected chi connectivity index (χ0v) is 10.4. The van der Waals surface area contributed by atoms with Crippen LogP contribution in [0.2, 0.25) is 0 Å². The van der Waals surface area contributed by atoms with Crippen LogP contribution < -0.4 is 5.73 Å². The third kappa shape index (κ3) is 3.19. The molecule has 2 aliphatic rings. The monoisotopic (exact) mass is 241 g/mol. The summed E-state index contributed by atoms with van der Waals surface area (Å²) in [6.07, 6.45) is 8.18.